The number of aromatic nitrogens is 5. The first-order chi connectivity index (χ1) is 11.9. The molecule has 1 atom stereocenters. The summed E-state index contributed by atoms with van der Waals surface area (Å²) in [5.74, 6) is 1.27. The van der Waals surface area contributed by atoms with Crippen LogP contribution < -0.4 is 4.72 Å². The number of aryl methyl sites for hydroxylation is 3. The van der Waals surface area contributed by atoms with Gasteiger partial charge in [-0.1, -0.05) is 0 Å². The van der Waals surface area contributed by atoms with Gasteiger partial charge < -0.3 is 4.57 Å². The van der Waals surface area contributed by atoms with Crippen molar-refractivity contribution in [2.75, 3.05) is 6.54 Å². The number of hydrogen-bond acceptors (Lipinski definition) is 5. The summed E-state index contributed by atoms with van der Waals surface area (Å²) in [6.07, 6.45) is 6.87. The van der Waals surface area contributed by atoms with Crippen LogP contribution in [0, 0.1) is 12.8 Å². The summed E-state index contributed by atoms with van der Waals surface area (Å²) in [5.41, 5.74) is 1.44. The molecule has 0 saturated heterocycles. The highest BCUT2D eigenvalue weighted by molar-refractivity contribution is 7.89. The van der Waals surface area contributed by atoms with Crippen LogP contribution in [0.4, 0.5) is 0 Å². The summed E-state index contributed by atoms with van der Waals surface area (Å²) >= 11 is 0. The summed E-state index contributed by atoms with van der Waals surface area (Å²) in [6, 6.07) is 1.64. The molecule has 0 saturated carbocycles. The van der Waals surface area contributed by atoms with E-state index in [1.165, 1.54) is 6.20 Å². The number of rotatable bonds is 4. The molecule has 9 heteroatoms. The molecule has 0 spiro atoms. The molecule has 0 radical (unpaired) electrons. The maximum Gasteiger partial charge on any atom is 0.242 e. The van der Waals surface area contributed by atoms with Crippen molar-refractivity contribution in [3.05, 3.63) is 36.2 Å². The lowest BCUT2D eigenvalue weighted by atomic mass is 9.98. The lowest BCUT2D eigenvalue weighted by molar-refractivity contribution is 0.379. The molecule has 1 aliphatic rings. The Morgan fingerprint density at radius 3 is 3.04 bits per heavy atom. The molecule has 25 heavy (non-hydrogen) atoms. The Balaban J connectivity index is 1.51. The average Bonchev–Trinajstić information content (AvgIpc) is 3.17. The van der Waals surface area contributed by atoms with Crippen LogP contribution in [0.1, 0.15) is 17.9 Å². The number of fused-ring (bicyclic) bond motifs is 2. The number of hydrogen-bond donors (Lipinski definition) is 1. The molecular weight excluding hydrogens is 340 g/mol. The molecule has 4 heterocycles. The minimum atomic E-state index is -3.60. The molecule has 1 aliphatic heterocycles. The molecule has 4 rings (SSSR count). The van der Waals surface area contributed by atoms with Gasteiger partial charge in [0, 0.05) is 50.5 Å². The second-order valence-corrected chi connectivity index (χ2v) is 8.27. The fraction of sp³-hybridized carbons (Fsp3) is 0.438. The second-order valence-electron chi connectivity index (χ2n) is 6.50. The maximum atomic E-state index is 12.6. The molecule has 0 bridgehead atoms. The van der Waals surface area contributed by atoms with Crippen molar-refractivity contribution in [3.8, 4) is 0 Å². The third kappa shape index (κ3) is 2.93. The molecule has 0 fully saturated rings. The minimum Gasteiger partial charge on any atom is -0.335 e. The number of nitrogens with one attached hydrogen (secondary N) is 1. The zero-order chi connectivity index (χ0) is 17.6. The van der Waals surface area contributed by atoms with E-state index in [4.69, 9.17) is 0 Å². The normalized spacial score (nSPS) is 17.8. The van der Waals surface area contributed by atoms with E-state index >= 15 is 0 Å². The maximum absolute atomic E-state index is 12.6. The lowest BCUT2D eigenvalue weighted by Gasteiger charge is -2.23. The van der Waals surface area contributed by atoms with E-state index in [2.05, 4.69) is 24.4 Å². The number of pyridine rings is 1. The van der Waals surface area contributed by atoms with Crippen molar-refractivity contribution in [2.24, 2.45) is 13.0 Å². The largest absolute Gasteiger partial charge is 0.335 e. The van der Waals surface area contributed by atoms with Crippen LogP contribution in [0.2, 0.25) is 0 Å². The van der Waals surface area contributed by atoms with Crippen LogP contribution in [0.3, 0.4) is 0 Å². The first-order valence-electron chi connectivity index (χ1n) is 8.23. The minimum absolute atomic E-state index is 0.174. The van der Waals surface area contributed by atoms with Crippen LogP contribution in [-0.4, -0.2) is 39.3 Å². The van der Waals surface area contributed by atoms with Crippen LogP contribution in [0.25, 0.3) is 11.0 Å². The van der Waals surface area contributed by atoms with Gasteiger partial charge in [-0.05, 0) is 25.3 Å². The molecule has 1 N–H and O–H groups in total. The van der Waals surface area contributed by atoms with Gasteiger partial charge in [0.2, 0.25) is 10.0 Å². The Hall–Kier alpha value is -2.26. The van der Waals surface area contributed by atoms with Crippen molar-refractivity contribution in [2.45, 2.75) is 31.2 Å². The van der Waals surface area contributed by atoms with Gasteiger partial charge in [-0.15, -0.1) is 0 Å². The van der Waals surface area contributed by atoms with Crippen molar-refractivity contribution in [1.29, 1.82) is 0 Å². The Kier molecular flexibility index (Phi) is 3.84. The van der Waals surface area contributed by atoms with Crippen LogP contribution in [0.5, 0.6) is 0 Å². The highest BCUT2D eigenvalue weighted by Gasteiger charge is 2.23. The number of sulfonamides is 1. The molecule has 132 valence electrons. The Morgan fingerprint density at radius 1 is 1.36 bits per heavy atom. The van der Waals surface area contributed by atoms with Gasteiger partial charge in [0.05, 0.1) is 5.69 Å². The van der Waals surface area contributed by atoms with Crippen LogP contribution in [0.15, 0.2) is 29.6 Å². The summed E-state index contributed by atoms with van der Waals surface area (Å²) in [4.78, 5) is 8.75. The van der Waals surface area contributed by atoms with Crippen LogP contribution in [-0.2, 0) is 30.0 Å². The van der Waals surface area contributed by atoms with Gasteiger partial charge in [-0.3, -0.25) is 4.68 Å². The summed E-state index contributed by atoms with van der Waals surface area (Å²) in [6.45, 7) is 3.13. The van der Waals surface area contributed by atoms with E-state index in [9.17, 15) is 8.42 Å². The van der Waals surface area contributed by atoms with E-state index in [0.29, 0.717) is 12.2 Å². The van der Waals surface area contributed by atoms with Crippen molar-refractivity contribution < 1.29 is 8.42 Å². The number of nitrogens with zero attached hydrogens (tertiary/aromatic N) is 5. The van der Waals surface area contributed by atoms with Gasteiger partial charge in [-0.25, -0.2) is 23.1 Å². The van der Waals surface area contributed by atoms with Gasteiger partial charge in [0.25, 0.3) is 0 Å². The average molecular weight is 360 g/mol. The molecule has 1 unspecified atom stereocenters. The van der Waals surface area contributed by atoms with E-state index < -0.39 is 10.0 Å². The SMILES string of the molecule is Cc1nn(C)c2ncc(S(=O)(=O)NCC3CCn4ccnc4C3)cc12. The third-order valence-electron chi connectivity index (χ3n) is 4.76. The van der Waals surface area contributed by atoms with Gasteiger partial charge >= 0.3 is 0 Å². The van der Waals surface area contributed by atoms with E-state index in [0.717, 1.165) is 36.3 Å². The Labute approximate surface area is 145 Å². The predicted octanol–water partition coefficient (Wildman–Crippen LogP) is 1.01. The molecular formula is C16H20N6O2S. The van der Waals surface area contributed by atoms with Gasteiger partial charge in [0.1, 0.15) is 10.7 Å². The Morgan fingerprint density at radius 2 is 2.20 bits per heavy atom. The zero-order valence-electron chi connectivity index (χ0n) is 14.2. The first kappa shape index (κ1) is 16.2. The van der Waals surface area contributed by atoms with Gasteiger partial charge in [0.15, 0.2) is 5.65 Å². The van der Waals surface area contributed by atoms with E-state index in [-0.39, 0.29) is 10.8 Å². The van der Waals surface area contributed by atoms with Crippen LogP contribution >= 0.6 is 0 Å². The summed E-state index contributed by atoms with van der Waals surface area (Å²) in [5, 5.41) is 5.03. The predicted molar refractivity (Wildman–Crippen MR) is 92.5 cm³/mol. The highest BCUT2D eigenvalue weighted by Crippen LogP contribution is 2.21. The fourth-order valence-corrected chi connectivity index (χ4v) is 4.42. The quantitative estimate of drug-likeness (QED) is 0.749. The number of imidazole rings is 1. The topological polar surface area (TPSA) is 94.7 Å². The molecule has 3 aromatic rings. The molecule has 0 aliphatic carbocycles. The molecule has 3 aromatic heterocycles. The van der Waals surface area contributed by atoms with Gasteiger partial charge in [-0.2, -0.15) is 5.10 Å². The third-order valence-corrected chi connectivity index (χ3v) is 6.15. The van der Waals surface area contributed by atoms with Crippen molar-refractivity contribution in [1.82, 2.24) is 29.0 Å². The highest BCUT2D eigenvalue weighted by atomic mass is 32.2. The smallest absolute Gasteiger partial charge is 0.242 e. The molecule has 8 nitrogen and oxygen atoms in total. The fourth-order valence-electron chi connectivity index (χ4n) is 3.34. The summed E-state index contributed by atoms with van der Waals surface area (Å²) < 4.78 is 31.8. The van der Waals surface area contributed by atoms with Crippen molar-refractivity contribution in [3.63, 3.8) is 0 Å². The van der Waals surface area contributed by atoms with E-state index in [1.807, 2.05) is 13.1 Å². The second kappa shape index (κ2) is 5.92. The Bertz CT molecular complexity index is 1040. The molecule has 0 aromatic carbocycles. The lowest BCUT2D eigenvalue weighted by Crippen LogP contribution is -2.33. The van der Waals surface area contributed by atoms with Crippen molar-refractivity contribution >= 4 is 21.1 Å². The summed E-state index contributed by atoms with van der Waals surface area (Å²) in [7, 11) is -1.81. The molecule has 0 amide bonds. The standard InChI is InChI=1S/C16H20N6O2S/c1-11-14-8-13(10-18-16(14)21(2)20-11)25(23,24)19-9-12-3-5-22-6-4-17-15(22)7-12/h4,6,8,10,12,19H,3,5,7,9H2,1-2H3. The monoisotopic (exact) mass is 360 g/mol. The zero-order valence-corrected chi connectivity index (χ0v) is 15.0. The first-order valence-corrected chi connectivity index (χ1v) is 9.71. The van der Waals surface area contributed by atoms with E-state index in [1.54, 1.807) is 24.0 Å².